The van der Waals surface area contributed by atoms with Crippen molar-refractivity contribution in [1.29, 1.82) is 0 Å². The van der Waals surface area contributed by atoms with Crippen molar-refractivity contribution in [3.05, 3.63) is 40.2 Å². The van der Waals surface area contributed by atoms with Crippen molar-refractivity contribution in [3.8, 4) is 0 Å². The van der Waals surface area contributed by atoms with Gasteiger partial charge in [0.15, 0.2) is 0 Å². The van der Waals surface area contributed by atoms with Crippen LogP contribution in [0.15, 0.2) is 27.5 Å². The zero-order valence-electron chi connectivity index (χ0n) is 12.8. The number of carbonyl (C=O) groups is 1. The summed E-state index contributed by atoms with van der Waals surface area (Å²) in [6, 6.07) is 1.74. The molecule has 0 saturated heterocycles. The van der Waals surface area contributed by atoms with Crippen LogP contribution < -0.4 is 10.6 Å². The zero-order chi connectivity index (χ0) is 15.5. The van der Waals surface area contributed by atoms with Gasteiger partial charge in [0.2, 0.25) is 5.89 Å². The van der Waals surface area contributed by atoms with Crippen LogP contribution in [0, 0.1) is 0 Å². The van der Waals surface area contributed by atoms with Gasteiger partial charge >= 0.3 is 6.03 Å². The van der Waals surface area contributed by atoms with Gasteiger partial charge in [-0.05, 0) is 29.3 Å². The molecule has 0 radical (unpaired) electrons. The fourth-order valence-corrected chi connectivity index (χ4v) is 2.50. The Morgan fingerprint density at radius 1 is 1.48 bits per heavy atom. The topological polar surface area (TPSA) is 67.2 Å². The molecule has 2 rings (SSSR count). The van der Waals surface area contributed by atoms with Crippen LogP contribution >= 0.6 is 11.3 Å². The van der Waals surface area contributed by atoms with E-state index in [9.17, 15) is 4.79 Å². The second-order valence-corrected chi connectivity index (χ2v) is 6.76. The van der Waals surface area contributed by atoms with E-state index in [1.807, 2.05) is 23.8 Å². The largest absolute Gasteiger partial charge is 0.447 e. The van der Waals surface area contributed by atoms with Gasteiger partial charge in [-0.3, -0.25) is 0 Å². The van der Waals surface area contributed by atoms with Crippen molar-refractivity contribution < 1.29 is 9.21 Å². The number of nitrogens with one attached hydrogen (secondary N) is 2. The number of hydrogen-bond donors (Lipinski definition) is 2. The lowest BCUT2D eigenvalue weighted by atomic mass is 9.93. The standard InChI is InChI=1S/C15H21N3O2S/c1-10(11-5-6-21-9-11)17-14(19)16-7-13-18-12(8-20-13)15(2,3)4/h5-6,8-10H,7H2,1-4H3,(H2,16,17,19). The van der Waals surface area contributed by atoms with Gasteiger partial charge in [0, 0.05) is 5.41 Å². The maximum atomic E-state index is 11.8. The molecular weight excluding hydrogens is 286 g/mol. The van der Waals surface area contributed by atoms with Gasteiger partial charge in [0.25, 0.3) is 0 Å². The molecule has 5 nitrogen and oxygen atoms in total. The van der Waals surface area contributed by atoms with Crippen molar-refractivity contribution in [2.45, 2.75) is 45.7 Å². The summed E-state index contributed by atoms with van der Waals surface area (Å²) in [7, 11) is 0. The second kappa shape index (κ2) is 6.30. The zero-order valence-corrected chi connectivity index (χ0v) is 13.6. The lowest BCUT2D eigenvalue weighted by Crippen LogP contribution is -2.36. The van der Waals surface area contributed by atoms with Gasteiger partial charge in [-0.15, -0.1) is 0 Å². The van der Waals surface area contributed by atoms with Crippen molar-refractivity contribution in [2.75, 3.05) is 0 Å². The SMILES string of the molecule is CC(NC(=O)NCc1nc(C(C)(C)C)co1)c1ccsc1. The number of thiophene rings is 1. The molecule has 2 heterocycles. The smallest absolute Gasteiger partial charge is 0.315 e. The van der Waals surface area contributed by atoms with E-state index < -0.39 is 0 Å². The highest BCUT2D eigenvalue weighted by Gasteiger charge is 2.19. The first-order valence-electron chi connectivity index (χ1n) is 6.87. The third-order valence-electron chi connectivity index (χ3n) is 3.11. The van der Waals surface area contributed by atoms with Gasteiger partial charge in [0.1, 0.15) is 6.26 Å². The van der Waals surface area contributed by atoms with E-state index in [-0.39, 0.29) is 24.0 Å². The van der Waals surface area contributed by atoms with Crippen LogP contribution in [0.2, 0.25) is 0 Å². The summed E-state index contributed by atoms with van der Waals surface area (Å²) in [6.45, 7) is 8.43. The average Bonchev–Trinajstić information content (AvgIpc) is 3.07. The Hall–Kier alpha value is -1.82. The minimum absolute atomic E-state index is 0.0223. The van der Waals surface area contributed by atoms with E-state index in [0.29, 0.717) is 5.89 Å². The van der Waals surface area contributed by atoms with Gasteiger partial charge in [-0.1, -0.05) is 20.8 Å². The Bertz CT molecular complexity index is 584. The number of carbonyl (C=O) groups excluding carboxylic acids is 1. The molecule has 0 aliphatic rings. The molecule has 0 saturated carbocycles. The molecule has 0 spiro atoms. The molecule has 2 amide bonds. The maximum absolute atomic E-state index is 11.8. The highest BCUT2D eigenvalue weighted by molar-refractivity contribution is 7.07. The van der Waals surface area contributed by atoms with E-state index in [1.54, 1.807) is 17.6 Å². The van der Waals surface area contributed by atoms with Gasteiger partial charge in [-0.2, -0.15) is 11.3 Å². The molecule has 21 heavy (non-hydrogen) atoms. The summed E-state index contributed by atoms with van der Waals surface area (Å²) in [4.78, 5) is 16.2. The van der Waals surface area contributed by atoms with Crippen LogP contribution in [0.25, 0.3) is 0 Å². The van der Waals surface area contributed by atoms with Gasteiger partial charge in [0.05, 0.1) is 18.3 Å². The first-order valence-corrected chi connectivity index (χ1v) is 7.82. The summed E-state index contributed by atoms with van der Waals surface area (Å²) >= 11 is 1.61. The lowest BCUT2D eigenvalue weighted by molar-refractivity contribution is 0.236. The molecule has 2 aromatic rings. The number of aromatic nitrogens is 1. The summed E-state index contributed by atoms with van der Waals surface area (Å²) < 4.78 is 5.37. The quantitative estimate of drug-likeness (QED) is 0.907. The van der Waals surface area contributed by atoms with Gasteiger partial charge < -0.3 is 15.1 Å². The average molecular weight is 307 g/mol. The monoisotopic (exact) mass is 307 g/mol. The highest BCUT2D eigenvalue weighted by Crippen LogP contribution is 2.21. The molecule has 2 aromatic heterocycles. The third-order valence-corrected chi connectivity index (χ3v) is 3.81. The van der Waals surface area contributed by atoms with Crippen LogP contribution in [-0.2, 0) is 12.0 Å². The number of hydrogen-bond acceptors (Lipinski definition) is 4. The van der Waals surface area contributed by atoms with Crippen LogP contribution in [0.5, 0.6) is 0 Å². The number of oxazole rings is 1. The molecule has 0 bridgehead atoms. The predicted molar refractivity (Wildman–Crippen MR) is 83.3 cm³/mol. The number of nitrogens with zero attached hydrogens (tertiary/aromatic N) is 1. The Morgan fingerprint density at radius 3 is 2.81 bits per heavy atom. The minimum Gasteiger partial charge on any atom is -0.447 e. The molecule has 1 atom stereocenters. The highest BCUT2D eigenvalue weighted by atomic mass is 32.1. The van der Waals surface area contributed by atoms with Crippen molar-refractivity contribution in [3.63, 3.8) is 0 Å². The molecule has 6 heteroatoms. The molecule has 0 fully saturated rings. The Kier molecular flexibility index (Phi) is 4.67. The normalized spacial score (nSPS) is 13.0. The maximum Gasteiger partial charge on any atom is 0.315 e. The fraction of sp³-hybridized carbons (Fsp3) is 0.467. The van der Waals surface area contributed by atoms with E-state index in [2.05, 4.69) is 36.4 Å². The number of amides is 2. The number of urea groups is 1. The second-order valence-electron chi connectivity index (χ2n) is 5.98. The molecule has 0 aliphatic carbocycles. The van der Waals surface area contributed by atoms with Crippen molar-refractivity contribution in [1.82, 2.24) is 15.6 Å². The summed E-state index contributed by atoms with van der Waals surface area (Å²) in [5, 5.41) is 9.65. The van der Waals surface area contributed by atoms with E-state index in [4.69, 9.17) is 4.42 Å². The van der Waals surface area contributed by atoms with Crippen LogP contribution in [0.3, 0.4) is 0 Å². The van der Waals surface area contributed by atoms with E-state index in [1.165, 1.54) is 0 Å². The van der Waals surface area contributed by atoms with Crippen molar-refractivity contribution >= 4 is 17.4 Å². The Morgan fingerprint density at radius 2 is 2.24 bits per heavy atom. The first kappa shape index (κ1) is 15.6. The Balaban J connectivity index is 1.83. The lowest BCUT2D eigenvalue weighted by Gasteiger charge is -2.13. The van der Waals surface area contributed by atoms with Crippen LogP contribution in [-0.4, -0.2) is 11.0 Å². The third kappa shape index (κ3) is 4.32. The predicted octanol–water partition coefficient (Wildman–Crippen LogP) is 3.59. The minimum atomic E-state index is -0.232. The van der Waals surface area contributed by atoms with Crippen LogP contribution in [0.4, 0.5) is 4.79 Å². The molecule has 0 aromatic carbocycles. The summed E-state index contributed by atoms with van der Waals surface area (Å²) in [5.41, 5.74) is 1.92. The molecular formula is C15H21N3O2S. The number of rotatable bonds is 4. The molecule has 0 aliphatic heterocycles. The summed E-state index contributed by atoms with van der Waals surface area (Å²) in [5.74, 6) is 0.512. The van der Waals surface area contributed by atoms with Crippen molar-refractivity contribution in [2.24, 2.45) is 0 Å². The molecule has 1 unspecified atom stereocenters. The Labute approximate surface area is 128 Å². The molecule has 2 N–H and O–H groups in total. The van der Waals surface area contributed by atoms with E-state index in [0.717, 1.165) is 11.3 Å². The molecule has 114 valence electrons. The first-order chi connectivity index (χ1) is 9.86. The fourth-order valence-electron chi connectivity index (χ4n) is 1.74. The summed E-state index contributed by atoms with van der Waals surface area (Å²) in [6.07, 6.45) is 1.64. The van der Waals surface area contributed by atoms with E-state index >= 15 is 0 Å². The van der Waals surface area contributed by atoms with Gasteiger partial charge in [-0.25, -0.2) is 9.78 Å². The van der Waals surface area contributed by atoms with Crippen LogP contribution in [0.1, 0.15) is 50.9 Å².